The average molecular weight is 235 g/mol. The van der Waals surface area contributed by atoms with E-state index >= 15 is 0 Å². The van der Waals surface area contributed by atoms with Gasteiger partial charge in [0.2, 0.25) is 0 Å². The zero-order valence-electron chi connectivity index (χ0n) is 9.10. The van der Waals surface area contributed by atoms with Gasteiger partial charge in [0.1, 0.15) is 12.4 Å². The predicted octanol–water partition coefficient (Wildman–Crippen LogP) is 3.90. The highest BCUT2D eigenvalue weighted by Gasteiger charge is 2.08. The van der Waals surface area contributed by atoms with Gasteiger partial charge in [0.15, 0.2) is 0 Å². The lowest BCUT2D eigenvalue weighted by molar-refractivity contribution is 0.207. The molecular formula is C14H15ClO. The molecule has 1 unspecified atom stereocenters. The molecule has 0 spiro atoms. The fourth-order valence-corrected chi connectivity index (χ4v) is 1.87. The summed E-state index contributed by atoms with van der Waals surface area (Å²) in [5, 5.41) is 0. The lowest BCUT2D eigenvalue weighted by Crippen LogP contribution is -2.03. The summed E-state index contributed by atoms with van der Waals surface area (Å²) >= 11 is 5.83. The van der Waals surface area contributed by atoms with Gasteiger partial charge < -0.3 is 4.74 Å². The minimum atomic E-state index is 0.414. The van der Waals surface area contributed by atoms with E-state index in [1.54, 1.807) is 0 Å². The molecule has 0 aliphatic heterocycles. The number of alkyl halides is 1. The second kappa shape index (κ2) is 5.76. The Kier molecular flexibility index (Phi) is 4.06. The highest BCUT2D eigenvalue weighted by molar-refractivity contribution is 6.18. The summed E-state index contributed by atoms with van der Waals surface area (Å²) < 4.78 is 5.72. The van der Waals surface area contributed by atoms with E-state index < -0.39 is 0 Å². The quantitative estimate of drug-likeness (QED) is 0.718. The third-order valence-corrected chi connectivity index (χ3v) is 2.96. The number of hydrogen-bond acceptors (Lipinski definition) is 1. The second-order valence-corrected chi connectivity index (χ2v) is 4.20. The molecule has 0 saturated carbocycles. The van der Waals surface area contributed by atoms with Crippen LogP contribution in [-0.4, -0.2) is 5.88 Å². The van der Waals surface area contributed by atoms with Crippen LogP contribution in [0.1, 0.15) is 12.0 Å². The normalized spacial score (nSPS) is 19.3. The minimum absolute atomic E-state index is 0.414. The van der Waals surface area contributed by atoms with Crippen molar-refractivity contribution in [1.82, 2.24) is 0 Å². The lowest BCUT2D eigenvalue weighted by atomic mass is 10.0. The monoisotopic (exact) mass is 234 g/mol. The van der Waals surface area contributed by atoms with Crippen LogP contribution in [0.4, 0.5) is 0 Å². The maximum absolute atomic E-state index is 5.83. The van der Waals surface area contributed by atoms with Crippen LogP contribution in [0.15, 0.2) is 54.3 Å². The zero-order chi connectivity index (χ0) is 11.2. The van der Waals surface area contributed by atoms with Gasteiger partial charge in [-0.1, -0.05) is 36.4 Å². The summed E-state index contributed by atoms with van der Waals surface area (Å²) in [6.07, 6.45) is 7.26. The van der Waals surface area contributed by atoms with Gasteiger partial charge in [0.05, 0.1) is 0 Å². The number of ether oxygens (including phenoxy) is 1. The number of halogens is 1. The van der Waals surface area contributed by atoms with Crippen molar-refractivity contribution in [3.63, 3.8) is 0 Å². The second-order valence-electron chi connectivity index (χ2n) is 3.90. The highest BCUT2D eigenvalue weighted by atomic mass is 35.5. The largest absolute Gasteiger partial charge is 0.489 e. The Morgan fingerprint density at radius 2 is 2.06 bits per heavy atom. The van der Waals surface area contributed by atoms with Gasteiger partial charge in [0, 0.05) is 5.88 Å². The summed E-state index contributed by atoms with van der Waals surface area (Å²) in [5.41, 5.74) is 1.18. The van der Waals surface area contributed by atoms with Gasteiger partial charge in [-0.15, -0.1) is 11.6 Å². The van der Waals surface area contributed by atoms with Gasteiger partial charge in [-0.05, 0) is 30.1 Å². The van der Waals surface area contributed by atoms with Crippen molar-refractivity contribution in [1.29, 1.82) is 0 Å². The number of allylic oxidation sites excluding steroid dienone is 3. The molecule has 16 heavy (non-hydrogen) atoms. The predicted molar refractivity (Wildman–Crippen MR) is 67.3 cm³/mol. The SMILES string of the molecule is ClCC1C=C(OCc2ccccc2)C=CC1. The van der Waals surface area contributed by atoms with E-state index in [4.69, 9.17) is 16.3 Å². The maximum Gasteiger partial charge on any atom is 0.115 e. The summed E-state index contributed by atoms with van der Waals surface area (Å²) in [4.78, 5) is 0. The van der Waals surface area contributed by atoms with E-state index in [9.17, 15) is 0 Å². The molecule has 0 fully saturated rings. The Balaban J connectivity index is 1.91. The Labute approximate surface area is 101 Å². The molecular weight excluding hydrogens is 220 g/mol. The molecule has 1 aliphatic rings. The Morgan fingerprint density at radius 3 is 2.81 bits per heavy atom. The van der Waals surface area contributed by atoms with E-state index in [0.29, 0.717) is 18.4 Å². The first-order valence-electron chi connectivity index (χ1n) is 5.49. The summed E-state index contributed by atoms with van der Waals surface area (Å²) in [7, 11) is 0. The molecule has 0 N–H and O–H groups in total. The maximum atomic E-state index is 5.83. The van der Waals surface area contributed by atoms with Crippen molar-refractivity contribution < 1.29 is 4.74 Å². The molecule has 0 bridgehead atoms. The van der Waals surface area contributed by atoms with Gasteiger partial charge in [-0.3, -0.25) is 0 Å². The van der Waals surface area contributed by atoms with E-state index in [-0.39, 0.29) is 0 Å². The summed E-state index contributed by atoms with van der Waals surface area (Å²) in [5.74, 6) is 2.00. The molecule has 0 saturated heterocycles. The fourth-order valence-electron chi connectivity index (χ4n) is 1.66. The topological polar surface area (TPSA) is 9.23 Å². The minimum Gasteiger partial charge on any atom is -0.489 e. The van der Waals surface area contributed by atoms with E-state index in [0.717, 1.165) is 12.2 Å². The molecule has 0 amide bonds. The third kappa shape index (κ3) is 3.14. The van der Waals surface area contributed by atoms with Crippen LogP contribution in [0, 0.1) is 5.92 Å². The van der Waals surface area contributed by atoms with Crippen LogP contribution in [0.25, 0.3) is 0 Å². The molecule has 2 heteroatoms. The number of rotatable bonds is 4. The molecule has 1 atom stereocenters. The standard InChI is InChI=1S/C14H15ClO/c15-10-13-7-4-8-14(9-13)16-11-12-5-2-1-3-6-12/h1-6,8-9,13H,7,10-11H2. The zero-order valence-corrected chi connectivity index (χ0v) is 9.86. The smallest absolute Gasteiger partial charge is 0.115 e. The summed E-state index contributed by atoms with van der Waals surface area (Å²) in [6, 6.07) is 10.2. The molecule has 2 rings (SSSR count). The van der Waals surface area contributed by atoms with Gasteiger partial charge in [-0.25, -0.2) is 0 Å². The van der Waals surface area contributed by atoms with Crippen molar-refractivity contribution in [3.05, 3.63) is 59.9 Å². The van der Waals surface area contributed by atoms with Crippen molar-refractivity contribution >= 4 is 11.6 Å². The third-order valence-electron chi connectivity index (χ3n) is 2.57. The van der Waals surface area contributed by atoms with Gasteiger partial charge >= 0.3 is 0 Å². The van der Waals surface area contributed by atoms with Crippen LogP contribution >= 0.6 is 11.6 Å². The molecule has 1 aromatic rings. The average Bonchev–Trinajstić information content (AvgIpc) is 2.38. The van der Waals surface area contributed by atoms with Crippen LogP contribution in [0.5, 0.6) is 0 Å². The number of benzene rings is 1. The molecule has 0 heterocycles. The van der Waals surface area contributed by atoms with Crippen molar-refractivity contribution in [2.24, 2.45) is 5.92 Å². The van der Waals surface area contributed by atoms with Crippen molar-refractivity contribution in [2.45, 2.75) is 13.0 Å². The Bertz CT molecular complexity index is 381. The van der Waals surface area contributed by atoms with E-state index in [2.05, 4.69) is 24.3 Å². The van der Waals surface area contributed by atoms with Gasteiger partial charge in [-0.2, -0.15) is 0 Å². The van der Waals surface area contributed by atoms with Crippen molar-refractivity contribution in [2.75, 3.05) is 5.88 Å². The first-order valence-corrected chi connectivity index (χ1v) is 6.03. The first-order chi connectivity index (χ1) is 7.88. The molecule has 1 aromatic carbocycles. The molecule has 1 aliphatic carbocycles. The fraction of sp³-hybridized carbons (Fsp3) is 0.286. The Morgan fingerprint density at radius 1 is 1.25 bits per heavy atom. The summed E-state index contributed by atoms with van der Waals surface area (Å²) in [6.45, 7) is 0.617. The number of hydrogen-bond donors (Lipinski definition) is 0. The molecule has 0 radical (unpaired) electrons. The molecule has 0 aromatic heterocycles. The van der Waals surface area contributed by atoms with E-state index in [1.807, 2.05) is 24.3 Å². The molecule has 1 nitrogen and oxygen atoms in total. The van der Waals surface area contributed by atoms with Crippen LogP contribution < -0.4 is 0 Å². The Hall–Kier alpha value is -1.21. The highest BCUT2D eigenvalue weighted by Crippen LogP contribution is 2.19. The van der Waals surface area contributed by atoms with Crippen LogP contribution in [0.3, 0.4) is 0 Å². The van der Waals surface area contributed by atoms with E-state index in [1.165, 1.54) is 5.56 Å². The van der Waals surface area contributed by atoms with Gasteiger partial charge in [0.25, 0.3) is 0 Å². The first kappa shape index (κ1) is 11.3. The lowest BCUT2D eigenvalue weighted by Gasteiger charge is -2.15. The molecule has 84 valence electrons. The van der Waals surface area contributed by atoms with Crippen LogP contribution in [-0.2, 0) is 11.3 Å². The van der Waals surface area contributed by atoms with Crippen LogP contribution in [0.2, 0.25) is 0 Å². The van der Waals surface area contributed by atoms with Crippen molar-refractivity contribution in [3.8, 4) is 0 Å².